The van der Waals surface area contributed by atoms with Crippen molar-refractivity contribution in [2.45, 2.75) is 24.9 Å². The van der Waals surface area contributed by atoms with E-state index in [-0.39, 0.29) is 5.56 Å². The van der Waals surface area contributed by atoms with E-state index in [1.54, 1.807) is 6.07 Å². The standard InChI is InChI=1S/C12H9F5O3/c13-11(14,12(15,16)17)7-6-9(18)20-10(19)8-4-2-1-3-5-8/h1-5H,6-7H2. The summed E-state index contributed by atoms with van der Waals surface area (Å²) in [6.45, 7) is 0. The van der Waals surface area contributed by atoms with Gasteiger partial charge in [-0.05, 0) is 12.1 Å². The van der Waals surface area contributed by atoms with E-state index < -0.39 is 36.9 Å². The molecule has 20 heavy (non-hydrogen) atoms. The molecule has 0 saturated heterocycles. The van der Waals surface area contributed by atoms with Crippen molar-refractivity contribution < 1.29 is 36.3 Å². The van der Waals surface area contributed by atoms with Gasteiger partial charge in [0.15, 0.2) is 0 Å². The number of esters is 2. The lowest BCUT2D eigenvalue weighted by Gasteiger charge is -2.18. The Morgan fingerprint density at radius 2 is 1.55 bits per heavy atom. The van der Waals surface area contributed by atoms with E-state index in [1.807, 2.05) is 0 Å². The molecule has 0 N–H and O–H groups in total. The normalized spacial score (nSPS) is 12.1. The number of carbonyl (C=O) groups excluding carboxylic acids is 2. The van der Waals surface area contributed by atoms with Crippen molar-refractivity contribution in [2.24, 2.45) is 0 Å². The highest BCUT2D eigenvalue weighted by molar-refractivity contribution is 5.96. The van der Waals surface area contributed by atoms with Crippen molar-refractivity contribution in [2.75, 3.05) is 0 Å². The molecule has 0 atom stereocenters. The molecule has 0 aliphatic rings. The molecular weight excluding hydrogens is 287 g/mol. The number of carbonyl (C=O) groups is 2. The lowest BCUT2D eigenvalue weighted by atomic mass is 10.2. The summed E-state index contributed by atoms with van der Waals surface area (Å²) >= 11 is 0. The molecule has 1 aromatic rings. The number of alkyl halides is 5. The van der Waals surface area contributed by atoms with Crippen molar-refractivity contribution in [1.29, 1.82) is 0 Å². The average molecular weight is 296 g/mol. The molecule has 0 radical (unpaired) electrons. The molecule has 0 unspecified atom stereocenters. The fraction of sp³-hybridized carbons (Fsp3) is 0.333. The molecule has 8 heteroatoms. The van der Waals surface area contributed by atoms with Crippen LogP contribution in [0, 0.1) is 0 Å². The topological polar surface area (TPSA) is 43.4 Å². The van der Waals surface area contributed by atoms with Crippen LogP contribution in [0.2, 0.25) is 0 Å². The van der Waals surface area contributed by atoms with Crippen molar-refractivity contribution in [1.82, 2.24) is 0 Å². The Bertz CT molecular complexity index is 482. The Kier molecular flexibility index (Phi) is 4.80. The minimum Gasteiger partial charge on any atom is -0.389 e. The van der Waals surface area contributed by atoms with Gasteiger partial charge in [0.25, 0.3) is 0 Å². The highest BCUT2D eigenvalue weighted by Crippen LogP contribution is 2.38. The Morgan fingerprint density at radius 1 is 1.00 bits per heavy atom. The smallest absolute Gasteiger partial charge is 0.389 e. The van der Waals surface area contributed by atoms with Gasteiger partial charge in [-0.1, -0.05) is 18.2 Å². The predicted octanol–water partition coefficient (Wildman–Crippen LogP) is 3.35. The van der Waals surface area contributed by atoms with Crippen molar-refractivity contribution in [3.63, 3.8) is 0 Å². The molecule has 0 saturated carbocycles. The summed E-state index contributed by atoms with van der Waals surface area (Å²) in [5.41, 5.74) is -0.0107. The first-order chi connectivity index (χ1) is 9.13. The summed E-state index contributed by atoms with van der Waals surface area (Å²) < 4.78 is 64.8. The molecule has 0 amide bonds. The molecule has 1 rings (SSSR count). The molecule has 3 nitrogen and oxygen atoms in total. The Labute approximate surface area is 110 Å². The third kappa shape index (κ3) is 4.29. The van der Waals surface area contributed by atoms with Gasteiger partial charge in [-0.3, -0.25) is 4.79 Å². The SMILES string of the molecule is O=C(CCC(F)(F)C(F)(F)F)OC(=O)c1ccccc1. The average Bonchev–Trinajstić information content (AvgIpc) is 2.36. The van der Waals surface area contributed by atoms with Gasteiger partial charge in [0.1, 0.15) is 0 Å². The second kappa shape index (κ2) is 5.98. The molecule has 110 valence electrons. The summed E-state index contributed by atoms with van der Waals surface area (Å²) in [5, 5.41) is 0. The molecule has 0 heterocycles. The molecule has 0 bridgehead atoms. The van der Waals surface area contributed by atoms with Crippen molar-refractivity contribution >= 4 is 11.9 Å². The van der Waals surface area contributed by atoms with Crippen LogP contribution in [0.25, 0.3) is 0 Å². The number of halogens is 5. The van der Waals surface area contributed by atoms with E-state index in [2.05, 4.69) is 4.74 Å². The van der Waals surface area contributed by atoms with Crippen LogP contribution in [0.15, 0.2) is 30.3 Å². The van der Waals surface area contributed by atoms with E-state index in [4.69, 9.17) is 0 Å². The van der Waals surface area contributed by atoms with Gasteiger partial charge in [0.05, 0.1) is 12.0 Å². The monoisotopic (exact) mass is 296 g/mol. The second-order valence-corrected chi connectivity index (χ2v) is 3.83. The Morgan fingerprint density at radius 3 is 2.05 bits per heavy atom. The zero-order chi connectivity index (χ0) is 15.4. The first kappa shape index (κ1) is 16.1. The largest absolute Gasteiger partial charge is 0.453 e. The summed E-state index contributed by atoms with van der Waals surface area (Å²) in [6, 6.07) is 7.14. The molecule has 1 aromatic carbocycles. The van der Waals surface area contributed by atoms with Gasteiger partial charge >= 0.3 is 24.0 Å². The number of benzene rings is 1. The summed E-state index contributed by atoms with van der Waals surface area (Å²) in [4.78, 5) is 22.4. The van der Waals surface area contributed by atoms with E-state index in [0.717, 1.165) is 0 Å². The minimum absolute atomic E-state index is 0.0107. The maximum Gasteiger partial charge on any atom is 0.453 e. The first-order valence-corrected chi connectivity index (χ1v) is 5.38. The van der Waals surface area contributed by atoms with E-state index in [1.165, 1.54) is 24.3 Å². The maximum atomic E-state index is 12.5. The van der Waals surface area contributed by atoms with Gasteiger partial charge in [-0.2, -0.15) is 22.0 Å². The summed E-state index contributed by atoms with van der Waals surface area (Å²) in [7, 11) is 0. The number of rotatable bonds is 4. The van der Waals surface area contributed by atoms with Gasteiger partial charge in [-0.25, -0.2) is 4.79 Å². The molecule has 0 aromatic heterocycles. The molecule has 0 fully saturated rings. The van der Waals surface area contributed by atoms with Crippen LogP contribution in [-0.2, 0) is 9.53 Å². The maximum absolute atomic E-state index is 12.5. The second-order valence-electron chi connectivity index (χ2n) is 3.83. The van der Waals surface area contributed by atoms with Crippen LogP contribution in [-0.4, -0.2) is 24.0 Å². The molecule has 0 aliphatic heterocycles. The molecule has 0 spiro atoms. The van der Waals surface area contributed by atoms with Gasteiger partial charge in [0, 0.05) is 6.42 Å². The van der Waals surface area contributed by atoms with Crippen LogP contribution >= 0.6 is 0 Å². The molecular formula is C12H9F5O3. The van der Waals surface area contributed by atoms with E-state index >= 15 is 0 Å². The minimum atomic E-state index is -5.74. The van der Waals surface area contributed by atoms with Crippen molar-refractivity contribution in [3.8, 4) is 0 Å². The van der Waals surface area contributed by atoms with E-state index in [0.29, 0.717) is 0 Å². The lowest BCUT2D eigenvalue weighted by molar-refractivity contribution is -0.284. The van der Waals surface area contributed by atoms with Gasteiger partial charge in [-0.15, -0.1) is 0 Å². The number of ether oxygens (including phenoxy) is 1. The molecule has 0 aliphatic carbocycles. The Balaban J connectivity index is 2.51. The number of hydrogen-bond donors (Lipinski definition) is 0. The van der Waals surface area contributed by atoms with Crippen LogP contribution < -0.4 is 0 Å². The van der Waals surface area contributed by atoms with E-state index in [9.17, 15) is 31.5 Å². The van der Waals surface area contributed by atoms with Gasteiger partial charge in [0.2, 0.25) is 0 Å². The van der Waals surface area contributed by atoms with Crippen LogP contribution in [0.3, 0.4) is 0 Å². The van der Waals surface area contributed by atoms with Crippen LogP contribution in [0.5, 0.6) is 0 Å². The Hall–Kier alpha value is -1.99. The number of hydrogen-bond acceptors (Lipinski definition) is 3. The lowest BCUT2D eigenvalue weighted by Crippen LogP contribution is -2.36. The third-order valence-corrected chi connectivity index (χ3v) is 2.27. The van der Waals surface area contributed by atoms with Crippen molar-refractivity contribution in [3.05, 3.63) is 35.9 Å². The summed E-state index contributed by atoms with van der Waals surface area (Å²) in [5.74, 6) is -7.55. The summed E-state index contributed by atoms with van der Waals surface area (Å²) in [6.07, 6.45) is -8.72. The quantitative estimate of drug-likeness (QED) is 0.486. The van der Waals surface area contributed by atoms with Crippen LogP contribution in [0.4, 0.5) is 22.0 Å². The highest BCUT2D eigenvalue weighted by Gasteiger charge is 2.57. The third-order valence-electron chi connectivity index (χ3n) is 2.27. The fourth-order valence-electron chi connectivity index (χ4n) is 1.19. The fourth-order valence-corrected chi connectivity index (χ4v) is 1.19. The van der Waals surface area contributed by atoms with Crippen LogP contribution in [0.1, 0.15) is 23.2 Å². The zero-order valence-electron chi connectivity index (χ0n) is 9.92. The zero-order valence-corrected chi connectivity index (χ0v) is 9.92. The van der Waals surface area contributed by atoms with Gasteiger partial charge < -0.3 is 4.74 Å². The first-order valence-electron chi connectivity index (χ1n) is 5.38. The predicted molar refractivity (Wildman–Crippen MR) is 57.1 cm³/mol. The highest BCUT2D eigenvalue weighted by atomic mass is 19.4.